The number of hydrogen-bond donors (Lipinski definition) is 3. The van der Waals surface area contributed by atoms with Gasteiger partial charge in [0, 0.05) is 12.2 Å². The van der Waals surface area contributed by atoms with Crippen LogP contribution in [0.4, 0.5) is 23.2 Å². The summed E-state index contributed by atoms with van der Waals surface area (Å²) < 4.78 is 50.4. The number of hydrogen-bond acceptors (Lipinski definition) is 2. The molecule has 0 unspecified atom stereocenters. The van der Waals surface area contributed by atoms with Crippen molar-refractivity contribution >= 4 is 11.6 Å². The van der Waals surface area contributed by atoms with Crippen LogP contribution in [0.25, 0.3) is 0 Å². The number of benzene rings is 1. The van der Waals surface area contributed by atoms with Crippen molar-refractivity contribution in [3.63, 3.8) is 0 Å². The predicted molar refractivity (Wildman–Crippen MR) is 60.3 cm³/mol. The number of rotatable bonds is 2. The minimum Gasteiger partial charge on any atom is -0.325 e. The second-order valence-corrected chi connectivity index (χ2v) is 3.28. The average molecular weight is 264 g/mol. The monoisotopic (exact) mass is 264 g/mol. The number of alkyl halides is 3. The van der Waals surface area contributed by atoms with Gasteiger partial charge in [0.2, 0.25) is 5.96 Å². The highest BCUT2D eigenvalue weighted by Crippen LogP contribution is 2.32. The maximum absolute atomic E-state index is 13.0. The fourth-order valence-corrected chi connectivity index (χ4v) is 1.24. The van der Waals surface area contributed by atoms with E-state index in [1.54, 1.807) is 6.92 Å². The highest BCUT2D eigenvalue weighted by Gasteiger charge is 2.34. The summed E-state index contributed by atoms with van der Waals surface area (Å²) in [5.74, 6) is 3.88. The molecule has 0 saturated heterocycles. The lowest BCUT2D eigenvalue weighted by Crippen LogP contribution is -2.36. The molecule has 0 aromatic heterocycles. The van der Waals surface area contributed by atoms with Crippen LogP contribution in [0.2, 0.25) is 0 Å². The minimum absolute atomic E-state index is 0.0360. The molecule has 0 heterocycles. The minimum atomic E-state index is -4.75. The molecule has 0 aliphatic heterocycles. The normalized spacial score (nSPS) is 12.4. The molecule has 0 spiro atoms. The maximum Gasteiger partial charge on any atom is 0.419 e. The molecule has 8 heteroatoms. The van der Waals surface area contributed by atoms with Crippen molar-refractivity contribution in [2.75, 3.05) is 11.9 Å². The summed E-state index contributed by atoms with van der Waals surface area (Å²) in [4.78, 5) is 3.85. The Bertz CT molecular complexity index is 442. The largest absolute Gasteiger partial charge is 0.419 e. The molecular weight excluding hydrogens is 252 g/mol. The van der Waals surface area contributed by atoms with Gasteiger partial charge in [-0.25, -0.2) is 10.2 Å². The van der Waals surface area contributed by atoms with Gasteiger partial charge in [-0.2, -0.15) is 13.2 Å². The van der Waals surface area contributed by atoms with Crippen molar-refractivity contribution in [2.45, 2.75) is 13.1 Å². The number of nitrogens with two attached hydrogens (primary N) is 1. The Balaban J connectivity index is 3.02. The van der Waals surface area contributed by atoms with Gasteiger partial charge in [-0.3, -0.25) is 10.4 Å². The fourth-order valence-electron chi connectivity index (χ4n) is 1.24. The predicted octanol–water partition coefficient (Wildman–Crippen LogP) is 2.10. The quantitative estimate of drug-likeness (QED) is 0.252. The number of nitrogens with one attached hydrogen (secondary N) is 2. The van der Waals surface area contributed by atoms with Crippen molar-refractivity contribution in [1.82, 2.24) is 5.43 Å². The van der Waals surface area contributed by atoms with E-state index in [1.165, 1.54) is 0 Å². The SMILES string of the molecule is CCN=C(NN)Nc1ccc(F)c(C(F)(F)F)c1. The summed E-state index contributed by atoms with van der Waals surface area (Å²) >= 11 is 0. The smallest absolute Gasteiger partial charge is 0.325 e. The summed E-state index contributed by atoms with van der Waals surface area (Å²) in [7, 11) is 0. The lowest BCUT2D eigenvalue weighted by Gasteiger charge is -2.12. The zero-order valence-electron chi connectivity index (χ0n) is 9.48. The van der Waals surface area contributed by atoms with E-state index in [1.807, 2.05) is 0 Å². The van der Waals surface area contributed by atoms with Crippen LogP contribution in [-0.4, -0.2) is 12.5 Å². The van der Waals surface area contributed by atoms with Gasteiger partial charge >= 0.3 is 6.18 Å². The summed E-state index contributed by atoms with van der Waals surface area (Å²) in [6, 6.07) is 2.54. The summed E-state index contributed by atoms with van der Waals surface area (Å²) in [6.07, 6.45) is -4.75. The Morgan fingerprint density at radius 3 is 2.56 bits per heavy atom. The standard InChI is InChI=1S/C10H12F4N4/c1-2-16-9(18-15)17-6-3-4-8(11)7(5-6)10(12,13)14/h3-5H,2,15H2,1H3,(H2,16,17,18). The molecule has 1 rings (SSSR count). The Labute approximate surface area is 101 Å². The maximum atomic E-state index is 13.0. The van der Waals surface area contributed by atoms with Gasteiger partial charge < -0.3 is 5.32 Å². The molecule has 0 atom stereocenters. The zero-order chi connectivity index (χ0) is 13.8. The third-order valence-corrected chi connectivity index (χ3v) is 1.99. The van der Waals surface area contributed by atoms with Gasteiger partial charge in [-0.05, 0) is 25.1 Å². The average Bonchev–Trinajstić information content (AvgIpc) is 2.29. The first-order valence-corrected chi connectivity index (χ1v) is 5.03. The van der Waals surface area contributed by atoms with Gasteiger partial charge in [-0.1, -0.05) is 0 Å². The van der Waals surface area contributed by atoms with E-state index in [0.717, 1.165) is 12.1 Å². The molecule has 0 aliphatic carbocycles. The first-order chi connectivity index (χ1) is 8.38. The molecule has 0 amide bonds. The first kappa shape index (κ1) is 14.2. The van der Waals surface area contributed by atoms with E-state index in [-0.39, 0.29) is 11.6 Å². The van der Waals surface area contributed by atoms with Crippen LogP contribution in [0.15, 0.2) is 23.2 Å². The van der Waals surface area contributed by atoms with Gasteiger partial charge in [0.15, 0.2) is 0 Å². The first-order valence-electron chi connectivity index (χ1n) is 5.03. The van der Waals surface area contributed by atoms with E-state index < -0.39 is 17.6 Å². The number of hydrazine groups is 1. The summed E-state index contributed by atoms with van der Waals surface area (Å²) in [6.45, 7) is 2.12. The molecule has 18 heavy (non-hydrogen) atoms. The van der Waals surface area contributed by atoms with E-state index in [0.29, 0.717) is 12.6 Å². The number of guanidine groups is 1. The van der Waals surface area contributed by atoms with E-state index in [2.05, 4.69) is 15.7 Å². The summed E-state index contributed by atoms with van der Waals surface area (Å²) in [5.41, 5.74) is 0.877. The van der Waals surface area contributed by atoms with Gasteiger partial charge in [0.05, 0.1) is 5.56 Å². The van der Waals surface area contributed by atoms with Crippen molar-refractivity contribution < 1.29 is 17.6 Å². The molecule has 4 nitrogen and oxygen atoms in total. The van der Waals surface area contributed by atoms with Gasteiger partial charge in [0.25, 0.3) is 0 Å². The molecule has 1 aromatic carbocycles. The van der Waals surface area contributed by atoms with E-state index >= 15 is 0 Å². The third-order valence-electron chi connectivity index (χ3n) is 1.99. The number of aliphatic imine (C=N–C) groups is 1. The van der Waals surface area contributed by atoms with Crippen LogP contribution in [-0.2, 0) is 6.18 Å². The van der Waals surface area contributed by atoms with Crippen molar-refractivity contribution in [3.05, 3.63) is 29.6 Å². The van der Waals surface area contributed by atoms with Gasteiger partial charge in [0.1, 0.15) is 5.82 Å². The topological polar surface area (TPSA) is 62.4 Å². The number of anilines is 1. The van der Waals surface area contributed by atoms with Crippen molar-refractivity contribution in [3.8, 4) is 0 Å². The second kappa shape index (κ2) is 5.67. The third kappa shape index (κ3) is 3.59. The van der Waals surface area contributed by atoms with Crippen LogP contribution in [0.3, 0.4) is 0 Å². The molecule has 0 saturated carbocycles. The molecule has 100 valence electrons. The summed E-state index contributed by atoms with van der Waals surface area (Å²) in [5, 5.41) is 2.52. The second-order valence-electron chi connectivity index (χ2n) is 3.28. The van der Waals surface area contributed by atoms with E-state index in [9.17, 15) is 17.6 Å². The molecule has 4 N–H and O–H groups in total. The van der Waals surface area contributed by atoms with Crippen LogP contribution < -0.4 is 16.6 Å². The fraction of sp³-hybridized carbons (Fsp3) is 0.300. The highest BCUT2D eigenvalue weighted by atomic mass is 19.4. The Kier molecular flexibility index (Phi) is 4.49. The van der Waals surface area contributed by atoms with Gasteiger partial charge in [-0.15, -0.1) is 0 Å². The molecule has 0 bridgehead atoms. The van der Waals surface area contributed by atoms with Crippen LogP contribution in [0.5, 0.6) is 0 Å². The molecule has 0 fully saturated rings. The molecule has 0 aliphatic rings. The number of nitrogens with zero attached hydrogens (tertiary/aromatic N) is 1. The molecular formula is C10H12F4N4. The molecule has 1 aromatic rings. The number of halogens is 4. The zero-order valence-corrected chi connectivity index (χ0v) is 9.48. The Morgan fingerprint density at radius 1 is 1.39 bits per heavy atom. The molecule has 0 radical (unpaired) electrons. The van der Waals surface area contributed by atoms with Crippen LogP contribution in [0, 0.1) is 5.82 Å². The lowest BCUT2D eigenvalue weighted by molar-refractivity contribution is -0.139. The van der Waals surface area contributed by atoms with E-state index in [4.69, 9.17) is 5.84 Å². The van der Waals surface area contributed by atoms with Crippen molar-refractivity contribution in [1.29, 1.82) is 0 Å². The van der Waals surface area contributed by atoms with Crippen LogP contribution >= 0.6 is 0 Å². The Morgan fingerprint density at radius 2 is 2.06 bits per heavy atom. The van der Waals surface area contributed by atoms with Crippen molar-refractivity contribution in [2.24, 2.45) is 10.8 Å². The lowest BCUT2D eigenvalue weighted by atomic mass is 10.2. The van der Waals surface area contributed by atoms with Crippen LogP contribution in [0.1, 0.15) is 12.5 Å². The highest BCUT2D eigenvalue weighted by molar-refractivity contribution is 5.93. The Hall–Kier alpha value is -1.83.